The Balaban J connectivity index is 2.17. The van der Waals surface area contributed by atoms with Crippen molar-refractivity contribution in [1.29, 1.82) is 0 Å². The molecule has 0 bridgehead atoms. The number of ether oxygens (including phenoxy) is 1. The maximum atomic E-state index is 5.75. The van der Waals surface area contributed by atoms with Gasteiger partial charge in [0.05, 0.1) is 6.61 Å². The van der Waals surface area contributed by atoms with Gasteiger partial charge >= 0.3 is 0 Å². The molecule has 0 aliphatic heterocycles. The molecule has 1 heterocycles. The van der Waals surface area contributed by atoms with Gasteiger partial charge in [0.1, 0.15) is 11.6 Å². The maximum Gasteiger partial charge on any atom is 0.218 e. The van der Waals surface area contributed by atoms with Crippen LogP contribution in [0.1, 0.15) is 78.5 Å². The molecule has 22 heavy (non-hydrogen) atoms. The zero-order valence-corrected chi connectivity index (χ0v) is 14.6. The fraction of sp³-hybridized carbons (Fsp3) is 0.778. The quantitative estimate of drug-likeness (QED) is 0.801. The molecule has 1 saturated carbocycles. The van der Waals surface area contributed by atoms with Crippen LogP contribution in [-0.4, -0.2) is 22.6 Å². The van der Waals surface area contributed by atoms with Crippen LogP contribution >= 0.6 is 0 Å². The van der Waals surface area contributed by atoms with E-state index in [1.165, 1.54) is 38.5 Å². The van der Waals surface area contributed by atoms with Gasteiger partial charge in [-0.3, -0.25) is 0 Å². The number of rotatable bonds is 5. The molecule has 1 fully saturated rings. The van der Waals surface area contributed by atoms with Crippen molar-refractivity contribution in [2.24, 2.45) is 0 Å². The van der Waals surface area contributed by atoms with E-state index in [0.717, 1.165) is 18.1 Å². The average molecular weight is 305 g/mol. The Kier molecular flexibility index (Phi) is 6.04. The van der Waals surface area contributed by atoms with Crippen LogP contribution in [0.2, 0.25) is 0 Å². The molecule has 1 aromatic heterocycles. The lowest BCUT2D eigenvalue weighted by molar-refractivity contribution is 0.301. The van der Waals surface area contributed by atoms with E-state index in [9.17, 15) is 0 Å². The van der Waals surface area contributed by atoms with Gasteiger partial charge in [0, 0.05) is 17.5 Å². The lowest BCUT2D eigenvalue weighted by Gasteiger charge is -2.21. The largest absolute Gasteiger partial charge is 0.478 e. The van der Waals surface area contributed by atoms with E-state index < -0.39 is 0 Å². The summed E-state index contributed by atoms with van der Waals surface area (Å²) >= 11 is 0. The van der Waals surface area contributed by atoms with E-state index in [1.54, 1.807) is 0 Å². The monoisotopic (exact) mass is 305 g/mol. The van der Waals surface area contributed by atoms with Gasteiger partial charge in [-0.05, 0) is 19.3 Å². The normalized spacial score (nSPS) is 17.1. The average Bonchev–Trinajstić information content (AvgIpc) is 2.72. The zero-order chi connectivity index (χ0) is 16.0. The van der Waals surface area contributed by atoms with Gasteiger partial charge in [-0.25, -0.2) is 4.98 Å². The van der Waals surface area contributed by atoms with Crippen LogP contribution < -0.4 is 10.1 Å². The summed E-state index contributed by atoms with van der Waals surface area (Å²) < 4.78 is 5.75. The maximum absolute atomic E-state index is 5.75. The highest BCUT2D eigenvalue weighted by molar-refractivity contribution is 5.40. The molecular formula is C18H31N3O. The van der Waals surface area contributed by atoms with Gasteiger partial charge in [-0.2, -0.15) is 4.98 Å². The standard InChI is InChI=1S/C18H31N3O/c1-5-12-22-16-13-15(20-17(21-16)18(2,3)4)19-14-10-8-6-7-9-11-14/h13-14H,5-12H2,1-4H3,(H,19,20,21). The Hall–Kier alpha value is -1.32. The summed E-state index contributed by atoms with van der Waals surface area (Å²) in [7, 11) is 0. The number of hydrogen-bond acceptors (Lipinski definition) is 4. The van der Waals surface area contributed by atoms with Gasteiger partial charge in [0.2, 0.25) is 5.88 Å². The molecule has 0 atom stereocenters. The lowest BCUT2D eigenvalue weighted by Crippen LogP contribution is -2.22. The van der Waals surface area contributed by atoms with Crippen molar-refractivity contribution in [2.45, 2.75) is 84.1 Å². The van der Waals surface area contributed by atoms with E-state index in [4.69, 9.17) is 9.72 Å². The lowest BCUT2D eigenvalue weighted by atomic mass is 9.96. The van der Waals surface area contributed by atoms with E-state index in [-0.39, 0.29) is 5.41 Å². The van der Waals surface area contributed by atoms with Crippen molar-refractivity contribution in [3.05, 3.63) is 11.9 Å². The first-order chi connectivity index (χ1) is 10.5. The highest BCUT2D eigenvalue weighted by Gasteiger charge is 2.21. The summed E-state index contributed by atoms with van der Waals surface area (Å²) in [4.78, 5) is 9.32. The number of anilines is 1. The molecule has 4 nitrogen and oxygen atoms in total. The topological polar surface area (TPSA) is 47.0 Å². The Labute approximate surface area is 135 Å². The van der Waals surface area contributed by atoms with Crippen LogP contribution in [0, 0.1) is 0 Å². The van der Waals surface area contributed by atoms with E-state index in [2.05, 4.69) is 38.0 Å². The summed E-state index contributed by atoms with van der Waals surface area (Å²) in [5.74, 6) is 2.45. The Morgan fingerprint density at radius 2 is 1.82 bits per heavy atom. The minimum absolute atomic E-state index is 0.0779. The van der Waals surface area contributed by atoms with Crippen LogP contribution in [0.15, 0.2) is 6.07 Å². The van der Waals surface area contributed by atoms with Gasteiger partial charge < -0.3 is 10.1 Å². The Morgan fingerprint density at radius 3 is 2.41 bits per heavy atom. The van der Waals surface area contributed by atoms with Crippen molar-refractivity contribution >= 4 is 5.82 Å². The number of nitrogens with zero attached hydrogens (tertiary/aromatic N) is 2. The predicted molar refractivity (Wildman–Crippen MR) is 91.6 cm³/mol. The SMILES string of the molecule is CCCOc1cc(NC2CCCCCC2)nc(C(C)(C)C)n1. The smallest absolute Gasteiger partial charge is 0.218 e. The summed E-state index contributed by atoms with van der Waals surface area (Å²) in [6.45, 7) is 9.23. The fourth-order valence-corrected chi connectivity index (χ4v) is 2.75. The van der Waals surface area contributed by atoms with Gasteiger partial charge in [-0.1, -0.05) is 53.4 Å². The van der Waals surface area contributed by atoms with Crippen LogP contribution in [0.25, 0.3) is 0 Å². The third-order valence-corrected chi connectivity index (χ3v) is 4.03. The molecule has 1 N–H and O–H groups in total. The second-order valence-corrected chi connectivity index (χ2v) is 7.35. The highest BCUT2D eigenvalue weighted by Crippen LogP contribution is 2.26. The molecule has 4 heteroatoms. The molecule has 0 unspecified atom stereocenters. The number of nitrogens with one attached hydrogen (secondary N) is 1. The van der Waals surface area contributed by atoms with Gasteiger partial charge in [-0.15, -0.1) is 0 Å². The molecule has 0 aromatic carbocycles. The molecule has 1 aliphatic rings. The third kappa shape index (κ3) is 5.15. The van der Waals surface area contributed by atoms with E-state index in [0.29, 0.717) is 18.5 Å². The first-order valence-corrected chi connectivity index (χ1v) is 8.78. The van der Waals surface area contributed by atoms with Gasteiger partial charge in [0.15, 0.2) is 0 Å². The number of aromatic nitrogens is 2. The molecule has 2 rings (SSSR count). The number of hydrogen-bond donors (Lipinski definition) is 1. The van der Waals surface area contributed by atoms with Crippen LogP contribution in [0.4, 0.5) is 5.82 Å². The molecule has 0 saturated heterocycles. The molecule has 1 aliphatic carbocycles. The summed E-state index contributed by atoms with van der Waals surface area (Å²) in [5, 5.41) is 3.62. The van der Waals surface area contributed by atoms with Crippen LogP contribution in [0.3, 0.4) is 0 Å². The molecule has 0 spiro atoms. The van der Waals surface area contributed by atoms with E-state index in [1.807, 2.05) is 6.07 Å². The second kappa shape index (κ2) is 7.80. The van der Waals surface area contributed by atoms with E-state index >= 15 is 0 Å². The second-order valence-electron chi connectivity index (χ2n) is 7.35. The molecule has 0 radical (unpaired) electrons. The molecular weight excluding hydrogens is 274 g/mol. The zero-order valence-electron chi connectivity index (χ0n) is 14.6. The van der Waals surface area contributed by atoms with Gasteiger partial charge in [0.25, 0.3) is 0 Å². The van der Waals surface area contributed by atoms with Crippen molar-refractivity contribution in [3.8, 4) is 5.88 Å². The molecule has 124 valence electrons. The minimum Gasteiger partial charge on any atom is -0.478 e. The van der Waals surface area contributed by atoms with Crippen molar-refractivity contribution in [3.63, 3.8) is 0 Å². The molecule has 0 amide bonds. The first-order valence-electron chi connectivity index (χ1n) is 8.78. The van der Waals surface area contributed by atoms with Crippen molar-refractivity contribution < 1.29 is 4.74 Å². The third-order valence-electron chi connectivity index (χ3n) is 4.03. The highest BCUT2D eigenvalue weighted by atomic mass is 16.5. The Morgan fingerprint density at radius 1 is 1.14 bits per heavy atom. The van der Waals surface area contributed by atoms with Crippen LogP contribution in [0.5, 0.6) is 5.88 Å². The summed E-state index contributed by atoms with van der Waals surface area (Å²) in [6.07, 6.45) is 8.81. The molecule has 1 aromatic rings. The first kappa shape index (κ1) is 17.0. The van der Waals surface area contributed by atoms with Crippen LogP contribution in [-0.2, 0) is 5.41 Å². The minimum atomic E-state index is -0.0779. The predicted octanol–water partition coefficient (Wildman–Crippen LogP) is 4.70. The fourth-order valence-electron chi connectivity index (χ4n) is 2.75. The summed E-state index contributed by atoms with van der Waals surface area (Å²) in [6, 6.07) is 2.49. The van der Waals surface area contributed by atoms with Crippen molar-refractivity contribution in [1.82, 2.24) is 9.97 Å². The Bertz CT molecular complexity index is 460. The van der Waals surface area contributed by atoms with Crippen molar-refractivity contribution in [2.75, 3.05) is 11.9 Å². The summed E-state index contributed by atoms with van der Waals surface area (Å²) in [5.41, 5.74) is -0.0779.